The van der Waals surface area contributed by atoms with Gasteiger partial charge < -0.3 is 5.11 Å². The Morgan fingerprint density at radius 1 is 1.37 bits per heavy atom. The Balaban J connectivity index is 2.60. The average Bonchev–Trinajstić information content (AvgIpc) is 2.36. The third kappa shape index (κ3) is 4.51. The standard InChI is InChI=1S/C15H22ClNO2/c1-11(12-5-7-13(16)8-6-12)17(4)10-9-15(2,3)14(18)19/h5-8,11H,9-10H2,1-4H3,(H,18,19). The van der Waals surface area contributed by atoms with Crippen molar-refractivity contribution in [3.05, 3.63) is 34.9 Å². The smallest absolute Gasteiger partial charge is 0.309 e. The molecular weight excluding hydrogens is 262 g/mol. The minimum atomic E-state index is -0.750. The molecule has 0 heterocycles. The lowest BCUT2D eigenvalue weighted by Crippen LogP contribution is -2.31. The Hall–Kier alpha value is -1.06. The zero-order valence-corrected chi connectivity index (χ0v) is 12.7. The maximum atomic E-state index is 11.1. The monoisotopic (exact) mass is 283 g/mol. The van der Waals surface area contributed by atoms with Crippen LogP contribution in [-0.4, -0.2) is 29.6 Å². The summed E-state index contributed by atoms with van der Waals surface area (Å²) in [5.41, 5.74) is 0.494. The van der Waals surface area contributed by atoms with E-state index in [0.717, 1.165) is 11.6 Å². The van der Waals surface area contributed by atoms with E-state index in [9.17, 15) is 4.79 Å². The number of rotatable bonds is 6. The van der Waals surface area contributed by atoms with Crippen LogP contribution in [-0.2, 0) is 4.79 Å². The van der Waals surface area contributed by atoms with Gasteiger partial charge in [0.1, 0.15) is 0 Å². The Morgan fingerprint density at radius 2 is 1.89 bits per heavy atom. The molecule has 106 valence electrons. The van der Waals surface area contributed by atoms with E-state index in [1.54, 1.807) is 13.8 Å². The number of hydrogen-bond acceptors (Lipinski definition) is 2. The molecular formula is C15H22ClNO2. The molecule has 0 aliphatic heterocycles. The van der Waals surface area contributed by atoms with Gasteiger partial charge in [-0.3, -0.25) is 9.69 Å². The second-order valence-electron chi connectivity index (χ2n) is 5.65. The van der Waals surface area contributed by atoms with E-state index in [0.29, 0.717) is 6.42 Å². The lowest BCUT2D eigenvalue weighted by atomic mass is 9.89. The molecule has 0 radical (unpaired) electrons. The lowest BCUT2D eigenvalue weighted by Gasteiger charge is -2.28. The minimum absolute atomic E-state index is 0.238. The van der Waals surface area contributed by atoms with Crippen LogP contribution in [0, 0.1) is 5.41 Å². The van der Waals surface area contributed by atoms with Crippen LogP contribution < -0.4 is 0 Å². The summed E-state index contributed by atoms with van der Waals surface area (Å²) in [4.78, 5) is 13.2. The molecule has 1 N–H and O–H groups in total. The van der Waals surface area contributed by atoms with Gasteiger partial charge in [0.15, 0.2) is 0 Å². The van der Waals surface area contributed by atoms with Gasteiger partial charge in [-0.15, -0.1) is 0 Å². The highest BCUT2D eigenvalue weighted by atomic mass is 35.5. The van der Waals surface area contributed by atoms with Crippen molar-refractivity contribution in [1.29, 1.82) is 0 Å². The Labute approximate surface area is 120 Å². The molecule has 1 atom stereocenters. The van der Waals surface area contributed by atoms with Crippen LogP contribution >= 0.6 is 11.6 Å². The van der Waals surface area contributed by atoms with E-state index >= 15 is 0 Å². The zero-order valence-electron chi connectivity index (χ0n) is 12.0. The number of carbonyl (C=O) groups is 1. The van der Waals surface area contributed by atoms with Gasteiger partial charge in [-0.2, -0.15) is 0 Å². The topological polar surface area (TPSA) is 40.5 Å². The summed E-state index contributed by atoms with van der Waals surface area (Å²) in [6.45, 7) is 6.37. The zero-order chi connectivity index (χ0) is 14.6. The SMILES string of the molecule is CC(c1ccc(Cl)cc1)N(C)CCC(C)(C)C(=O)O. The van der Waals surface area contributed by atoms with Gasteiger partial charge in [0, 0.05) is 11.1 Å². The van der Waals surface area contributed by atoms with Crippen molar-refractivity contribution in [3.8, 4) is 0 Å². The number of hydrogen-bond donors (Lipinski definition) is 1. The van der Waals surface area contributed by atoms with Crippen LogP contribution in [0.3, 0.4) is 0 Å². The van der Waals surface area contributed by atoms with Gasteiger partial charge in [0.25, 0.3) is 0 Å². The van der Waals surface area contributed by atoms with Crippen LogP contribution in [0.1, 0.15) is 38.8 Å². The van der Waals surface area contributed by atoms with Crippen molar-refractivity contribution in [2.24, 2.45) is 5.41 Å². The van der Waals surface area contributed by atoms with E-state index in [4.69, 9.17) is 16.7 Å². The predicted octanol–water partition coefficient (Wildman–Crippen LogP) is 3.83. The fourth-order valence-corrected chi connectivity index (χ4v) is 1.88. The van der Waals surface area contributed by atoms with Crippen LogP contribution in [0.15, 0.2) is 24.3 Å². The van der Waals surface area contributed by atoms with Gasteiger partial charge in [-0.05, 0) is 58.5 Å². The molecule has 0 saturated heterocycles. The highest BCUT2D eigenvalue weighted by molar-refractivity contribution is 6.30. The molecule has 4 heteroatoms. The third-order valence-electron chi connectivity index (χ3n) is 3.68. The molecule has 3 nitrogen and oxygen atoms in total. The molecule has 0 amide bonds. The summed E-state index contributed by atoms with van der Waals surface area (Å²) in [6.07, 6.45) is 0.622. The number of benzene rings is 1. The van der Waals surface area contributed by atoms with Crippen molar-refractivity contribution >= 4 is 17.6 Å². The van der Waals surface area contributed by atoms with Crippen molar-refractivity contribution in [3.63, 3.8) is 0 Å². The first-order chi connectivity index (χ1) is 8.74. The first kappa shape index (κ1) is 16.0. The van der Waals surface area contributed by atoms with Crippen molar-refractivity contribution in [1.82, 2.24) is 4.90 Å². The van der Waals surface area contributed by atoms with E-state index in [2.05, 4.69) is 11.8 Å². The molecule has 1 rings (SSSR count). The maximum absolute atomic E-state index is 11.1. The van der Waals surface area contributed by atoms with E-state index in [1.807, 2.05) is 31.3 Å². The molecule has 19 heavy (non-hydrogen) atoms. The van der Waals surface area contributed by atoms with Crippen LogP contribution in [0.4, 0.5) is 0 Å². The summed E-state index contributed by atoms with van der Waals surface area (Å²) in [5.74, 6) is -0.750. The van der Waals surface area contributed by atoms with Crippen molar-refractivity contribution in [2.75, 3.05) is 13.6 Å². The molecule has 1 aromatic rings. The molecule has 0 saturated carbocycles. The first-order valence-electron chi connectivity index (χ1n) is 6.43. The Morgan fingerprint density at radius 3 is 2.37 bits per heavy atom. The molecule has 1 aromatic carbocycles. The van der Waals surface area contributed by atoms with Crippen LogP contribution in [0.2, 0.25) is 5.02 Å². The van der Waals surface area contributed by atoms with Gasteiger partial charge >= 0.3 is 5.97 Å². The number of aliphatic carboxylic acids is 1. The largest absolute Gasteiger partial charge is 0.481 e. The summed E-state index contributed by atoms with van der Waals surface area (Å²) in [5, 5.41) is 9.83. The molecule has 0 aliphatic rings. The Bertz CT molecular complexity index is 428. The number of carboxylic acid groups (broad SMARTS) is 1. The fourth-order valence-electron chi connectivity index (χ4n) is 1.75. The lowest BCUT2D eigenvalue weighted by molar-refractivity contribution is -0.147. The number of halogens is 1. The van der Waals surface area contributed by atoms with Gasteiger partial charge in [0.2, 0.25) is 0 Å². The molecule has 0 aliphatic carbocycles. The Kier molecular flexibility index (Phi) is 5.39. The quantitative estimate of drug-likeness (QED) is 0.862. The van der Waals surface area contributed by atoms with E-state index in [1.165, 1.54) is 5.56 Å². The molecule has 0 fully saturated rings. The van der Waals surface area contributed by atoms with Gasteiger partial charge in [-0.1, -0.05) is 23.7 Å². The summed E-state index contributed by atoms with van der Waals surface area (Å²) < 4.78 is 0. The van der Waals surface area contributed by atoms with Crippen LogP contribution in [0.5, 0.6) is 0 Å². The highest BCUT2D eigenvalue weighted by Crippen LogP contribution is 2.25. The van der Waals surface area contributed by atoms with Crippen LogP contribution in [0.25, 0.3) is 0 Å². The third-order valence-corrected chi connectivity index (χ3v) is 3.93. The summed E-state index contributed by atoms with van der Waals surface area (Å²) in [7, 11) is 2.01. The molecule has 0 spiro atoms. The van der Waals surface area contributed by atoms with Crippen molar-refractivity contribution in [2.45, 2.75) is 33.2 Å². The van der Waals surface area contributed by atoms with Gasteiger partial charge in [-0.25, -0.2) is 0 Å². The fraction of sp³-hybridized carbons (Fsp3) is 0.533. The van der Waals surface area contributed by atoms with Gasteiger partial charge in [0.05, 0.1) is 5.41 Å². The maximum Gasteiger partial charge on any atom is 0.309 e. The molecule has 0 bridgehead atoms. The van der Waals surface area contributed by atoms with Crippen molar-refractivity contribution < 1.29 is 9.90 Å². The number of nitrogens with zero attached hydrogens (tertiary/aromatic N) is 1. The second kappa shape index (κ2) is 6.40. The molecule has 0 aromatic heterocycles. The normalized spacial score (nSPS) is 13.6. The van der Waals surface area contributed by atoms with E-state index < -0.39 is 11.4 Å². The van der Waals surface area contributed by atoms with E-state index in [-0.39, 0.29) is 6.04 Å². The first-order valence-corrected chi connectivity index (χ1v) is 6.81. The number of carboxylic acids is 1. The highest BCUT2D eigenvalue weighted by Gasteiger charge is 2.27. The predicted molar refractivity (Wildman–Crippen MR) is 78.5 cm³/mol. The summed E-state index contributed by atoms with van der Waals surface area (Å²) >= 11 is 5.87. The minimum Gasteiger partial charge on any atom is -0.481 e. The second-order valence-corrected chi connectivity index (χ2v) is 6.08. The summed E-state index contributed by atoms with van der Waals surface area (Å²) in [6, 6.07) is 8.00. The average molecular weight is 284 g/mol. The molecule has 1 unspecified atom stereocenters.